The van der Waals surface area contributed by atoms with E-state index in [1.165, 1.54) is 102 Å². The topological polar surface area (TPSA) is 15.7 Å². The van der Waals surface area contributed by atoms with Gasteiger partial charge < -0.3 is 14.5 Å². The summed E-state index contributed by atoms with van der Waals surface area (Å²) in [6, 6.07) is 44.8. The lowest BCUT2D eigenvalue weighted by Gasteiger charge is -2.49. The summed E-state index contributed by atoms with van der Waals surface area (Å²) in [4.78, 5) is 5.32. The molecule has 322 valence electrons. The number of nitrogens with zero attached hydrogens (tertiary/aromatic N) is 2. The molecule has 63 heavy (non-hydrogen) atoms. The molecule has 2 unspecified atom stereocenters. The van der Waals surface area contributed by atoms with Gasteiger partial charge in [-0.3, -0.25) is 0 Å². The number of ether oxygens (including phenoxy) is 1. The summed E-state index contributed by atoms with van der Waals surface area (Å²) in [5, 5.41) is 0. The zero-order chi connectivity index (χ0) is 44.8. The Balaban J connectivity index is 1.30. The van der Waals surface area contributed by atoms with Crippen LogP contribution in [0.15, 0.2) is 115 Å². The zero-order valence-corrected chi connectivity index (χ0v) is 40.4. The van der Waals surface area contributed by atoms with E-state index in [1.807, 2.05) is 0 Å². The second-order valence-corrected chi connectivity index (χ2v) is 23.8. The van der Waals surface area contributed by atoms with Crippen molar-refractivity contribution >= 4 is 46.1 Å². The molecule has 0 N–H and O–H groups in total. The van der Waals surface area contributed by atoms with Crippen molar-refractivity contribution in [1.82, 2.24) is 0 Å². The summed E-state index contributed by atoms with van der Waals surface area (Å²) in [6.07, 6.45) is 2.36. The Kier molecular flexibility index (Phi) is 9.21. The van der Waals surface area contributed by atoms with Gasteiger partial charge in [-0.05, 0) is 151 Å². The molecule has 0 radical (unpaired) electrons. The van der Waals surface area contributed by atoms with Crippen molar-refractivity contribution in [3.63, 3.8) is 0 Å². The lowest BCUT2D eigenvalue weighted by molar-refractivity contribution is 0.282. The van der Waals surface area contributed by atoms with E-state index in [1.54, 1.807) is 0 Å². The minimum Gasteiger partial charge on any atom is -0.495 e. The maximum atomic E-state index is 7.51. The monoisotopic (exact) mass is 831 g/mol. The zero-order valence-electron chi connectivity index (χ0n) is 40.4. The average molecular weight is 831 g/mol. The molecule has 10 rings (SSSR count). The molecule has 0 spiro atoms. The van der Waals surface area contributed by atoms with E-state index in [-0.39, 0.29) is 45.8 Å². The second kappa shape index (κ2) is 13.9. The maximum Gasteiger partial charge on any atom is 0.267 e. The van der Waals surface area contributed by atoms with Gasteiger partial charge in [0.1, 0.15) is 11.8 Å². The highest BCUT2D eigenvalue weighted by atomic mass is 16.5. The predicted molar refractivity (Wildman–Crippen MR) is 270 cm³/mol. The number of aryl methyl sites for hydroxylation is 1. The third-order valence-electron chi connectivity index (χ3n) is 15.2. The molecule has 0 saturated carbocycles. The number of rotatable bonds is 3. The highest BCUT2D eigenvalue weighted by Gasteiger charge is 2.56. The predicted octanol–water partition coefficient (Wildman–Crippen LogP) is 14.5. The number of hydrogen-bond acceptors (Lipinski definition) is 3. The molecule has 6 aromatic rings. The summed E-state index contributed by atoms with van der Waals surface area (Å²) in [7, 11) is 0. The van der Waals surface area contributed by atoms with Crippen molar-refractivity contribution in [2.75, 3.05) is 9.80 Å². The minimum atomic E-state index is -0.155. The van der Waals surface area contributed by atoms with Crippen LogP contribution in [0.25, 0.3) is 11.1 Å². The second-order valence-electron chi connectivity index (χ2n) is 23.8. The van der Waals surface area contributed by atoms with Crippen LogP contribution in [0.4, 0.5) is 28.4 Å². The molecule has 3 nitrogen and oxygen atoms in total. The Morgan fingerprint density at radius 3 is 1.83 bits per heavy atom. The third kappa shape index (κ3) is 6.68. The maximum absolute atomic E-state index is 7.51. The molecule has 6 aromatic carbocycles. The first-order valence-electron chi connectivity index (χ1n) is 23.6. The number of fused-ring (bicyclic) bond motifs is 7. The van der Waals surface area contributed by atoms with Crippen molar-refractivity contribution in [3.8, 4) is 16.9 Å². The molecule has 4 heteroatoms. The van der Waals surface area contributed by atoms with Crippen LogP contribution in [0.2, 0.25) is 0 Å². The van der Waals surface area contributed by atoms with E-state index in [0.29, 0.717) is 0 Å². The molecular weight excluding hydrogens is 763 g/mol. The van der Waals surface area contributed by atoms with Crippen LogP contribution in [0.1, 0.15) is 148 Å². The van der Waals surface area contributed by atoms with Crippen LogP contribution >= 0.6 is 0 Å². The van der Waals surface area contributed by atoms with Crippen LogP contribution in [0, 0.1) is 6.92 Å². The van der Waals surface area contributed by atoms with Crippen LogP contribution in [0.3, 0.4) is 0 Å². The van der Waals surface area contributed by atoms with Crippen molar-refractivity contribution < 1.29 is 4.74 Å². The fraction of sp³-hybridized carbons (Fsp3) is 0.390. The Labute approximate surface area is 379 Å². The SMILES string of the molecule is Cc1cc2c3c(c1)N(c1ccc4c(c1)C(C)(C)CCC4(C)C)C1c4cc(C(C)(C)C)ccc4OC1B3c1cc(C(C)(C)C)ccc1N2c1ccc(C(C)(C)C)cc1-c1ccccc1. The first kappa shape index (κ1) is 41.8. The summed E-state index contributed by atoms with van der Waals surface area (Å²) in [6.45, 7) is 33.0. The van der Waals surface area contributed by atoms with Gasteiger partial charge in [0.05, 0.1) is 11.7 Å². The fourth-order valence-electron chi connectivity index (χ4n) is 11.3. The van der Waals surface area contributed by atoms with Gasteiger partial charge in [-0.2, -0.15) is 0 Å². The van der Waals surface area contributed by atoms with Gasteiger partial charge in [0.2, 0.25) is 0 Å². The van der Waals surface area contributed by atoms with Crippen molar-refractivity contribution in [1.29, 1.82) is 0 Å². The molecule has 3 aliphatic heterocycles. The normalized spacial score (nSPS) is 19.4. The molecular formula is C59H67BN2O. The van der Waals surface area contributed by atoms with Gasteiger partial charge in [0.15, 0.2) is 0 Å². The van der Waals surface area contributed by atoms with Crippen molar-refractivity contribution in [3.05, 3.63) is 154 Å². The molecule has 1 aliphatic carbocycles. The first-order chi connectivity index (χ1) is 29.5. The molecule has 0 saturated heterocycles. The van der Waals surface area contributed by atoms with Crippen LogP contribution in [-0.2, 0) is 27.1 Å². The molecule has 4 aliphatic rings. The third-order valence-corrected chi connectivity index (χ3v) is 15.2. The molecule has 0 aromatic heterocycles. The lowest BCUT2D eigenvalue weighted by Crippen LogP contribution is -2.65. The average Bonchev–Trinajstić information content (AvgIpc) is 3.60. The molecule has 0 bridgehead atoms. The standard InChI is InChI=1S/C59H67BN2O/c1-36-30-49-52-50(31-36)62(47-25-20-38(55(2,3)4)32-42(47)37-18-16-15-17-19-37)48-26-21-40(57(8,9)10)34-46(48)60(52)54-53(43-33-39(56(5,6)7)22-27-51(43)63-54)61(49)41-23-24-44-45(35-41)59(13,14)29-28-58(44,11)12/h15-27,30-35,53-54H,28-29H2,1-14H3. The Morgan fingerprint density at radius 2 is 1.16 bits per heavy atom. The van der Waals surface area contributed by atoms with E-state index in [2.05, 4.69) is 222 Å². The Hall–Kier alpha value is -5.22. The van der Waals surface area contributed by atoms with Gasteiger partial charge in [-0.25, -0.2) is 0 Å². The van der Waals surface area contributed by atoms with Gasteiger partial charge in [0.25, 0.3) is 6.71 Å². The number of anilines is 5. The van der Waals surface area contributed by atoms with E-state index in [9.17, 15) is 0 Å². The quantitative estimate of drug-likeness (QED) is 0.165. The van der Waals surface area contributed by atoms with Crippen LogP contribution in [0.5, 0.6) is 5.75 Å². The Bertz CT molecular complexity index is 2810. The minimum absolute atomic E-state index is 0.00193. The van der Waals surface area contributed by atoms with E-state index in [0.717, 1.165) is 5.75 Å². The van der Waals surface area contributed by atoms with Crippen LogP contribution in [-0.4, -0.2) is 12.7 Å². The molecule has 3 heterocycles. The Morgan fingerprint density at radius 1 is 0.571 bits per heavy atom. The summed E-state index contributed by atoms with van der Waals surface area (Å²) < 4.78 is 7.51. The van der Waals surface area contributed by atoms with Gasteiger partial charge >= 0.3 is 0 Å². The molecule has 0 fully saturated rings. The molecule has 2 atom stereocenters. The van der Waals surface area contributed by atoms with Crippen LogP contribution < -0.4 is 25.5 Å². The highest BCUT2D eigenvalue weighted by Crippen LogP contribution is 2.55. The fourth-order valence-corrected chi connectivity index (χ4v) is 11.3. The summed E-state index contributed by atoms with van der Waals surface area (Å²) in [5.74, 6) is 1.01. The number of hydrogen-bond donors (Lipinski definition) is 0. The van der Waals surface area contributed by atoms with E-state index < -0.39 is 0 Å². The highest BCUT2D eigenvalue weighted by molar-refractivity contribution is 6.91. The number of benzene rings is 6. The van der Waals surface area contributed by atoms with Gasteiger partial charge in [-0.1, -0.05) is 151 Å². The summed E-state index contributed by atoms with van der Waals surface area (Å²) >= 11 is 0. The first-order valence-corrected chi connectivity index (χ1v) is 23.6. The summed E-state index contributed by atoms with van der Waals surface area (Å²) in [5.41, 5.74) is 21.0. The van der Waals surface area contributed by atoms with Gasteiger partial charge in [0, 0.05) is 33.9 Å². The van der Waals surface area contributed by atoms with E-state index in [4.69, 9.17) is 4.74 Å². The lowest BCUT2D eigenvalue weighted by atomic mass is 9.32. The van der Waals surface area contributed by atoms with Crippen molar-refractivity contribution in [2.45, 2.75) is 149 Å². The smallest absolute Gasteiger partial charge is 0.267 e. The molecule has 0 amide bonds. The van der Waals surface area contributed by atoms with E-state index >= 15 is 0 Å². The largest absolute Gasteiger partial charge is 0.495 e. The van der Waals surface area contributed by atoms with Crippen molar-refractivity contribution in [2.24, 2.45) is 0 Å². The van der Waals surface area contributed by atoms with Gasteiger partial charge in [-0.15, -0.1) is 0 Å².